The number of halogens is 4. The van der Waals surface area contributed by atoms with Gasteiger partial charge in [-0.3, -0.25) is 0 Å². The van der Waals surface area contributed by atoms with E-state index in [9.17, 15) is 8.78 Å². The largest absolute Gasteiger partial charge is 0.235 e. The van der Waals surface area contributed by atoms with Crippen LogP contribution in [0.1, 0.15) is 0 Å². The molecule has 0 aliphatic heterocycles. The Bertz CT molecular complexity index is 789. The zero-order valence-corrected chi connectivity index (χ0v) is 11.5. The van der Waals surface area contributed by atoms with Crippen molar-refractivity contribution in [3.05, 3.63) is 46.3 Å². The lowest BCUT2D eigenvalue weighted by Gasteiger charge is -2.01. The Morgan fingerprint density at radius 1 is 1.00 bits per heavy atom. The molecule has 2 heterocycles. The summed E-state index contributed by atoms with van der Waals surface area (Å²) in [7, 11) is 0. The minimum Gasteiger partial charge on any atom is -0.235 e. The van der Waals surface area contributed by atoms with Crippen molar-refractivity contribution in [3.8, 4) is 10.4 Å². The topological polar surface area (TPSA) is 25.8 Å². The van der Waals surface area contributed by atoms with Crippen LogP contribution in [0.4, 0.5) is 8.78 Å². The Balaban J connectivity index is 2.25. The molecule has 0 N–H and O–H groups in total. The van der Waals surface area contributed by atoms with Crippen molar-refractivity contribution >= 4 is 44.8 Å². The number of hydrogen-bond donors (Lipinski definition) is 0. The smallest absolute Gasteiger partial charge is 0.150 e. The van der Waals surface area contributed by atoms with Crippen molar-refractivity contribution in [3.63, 3.8) is 0 Å². The van der Waals surface area contributed by atoms with Crippen LogP contribution in [0.5, 0.6) is 0 Å². The molecule has 0 radical (unpaired) electrons. The van der Waals surface area contributed by atoms with Gasteiger partial charge in [0.25, 0.3) is 0 Å². The number of thiophene rings is 1. The standard InChI is InChI=1S/C12H4Cl2F2N2S/c13-6-2-7(15)5(1-8(6)16)10-3-9-11(19-10)12(14)18-4-17-9/h1-4H. The fourth-order valence-corrected chi connectivity index (χ4v) is 3.09. The fraction of sp³-hybridized carbons (Fsp3) is 0. The van der Waals surface area contributed by atoms with Gasteiger partial charge in [0.2, 0.25) is 0 Å². The maximum absolute atomic E-state index is 13.8. The lowest BCUT2D eigenvalue weighted by molar-refractivity contribution is 0.604. The highest BCUT2D eigenvalue weighted by Gasteiger charge is 2.14. The van der Waals surface area contributed by atoms with Crippen LogP contribution >= 0.6 is 34.5 Å². The van der Waals surface area contributed by atoms with Gasteiger partial charge in [-0.1, -0.05) is 23.2 Å². The summed E-state index contributed by atoms with van der Waals surface area (Å²) in [5, 5.41) is 0.0382. The summed E-state index contributed by atoms with van der Waals surface area (Å²) in [6, 6.07) is 3.65. The van der Waals surface area contributed by atoms with Gasteiger partial charge in [-0.05, 0) is 18.2 Å². The first-order valence-corrected chi connectivity index (χ1v) is 6.68. The molecule has 0 atom stereocenters. The van der Waals surface area contributed by atoms with E-state index in [0.29, 0.717) is 15.1 Å². The van der Waals surface area contributed by atoms with Crippen LogP contribution < -0.4 is 0 Å². The Labute approximate surface area is 120 Å². The fourth-order valence-electron chi connectivity index (χ4n) is 1.67. The Hall–Kier alpha value is -1.30. The van der Waals surface area contributed by atoms with Gasteiger partial charge >= 0.3 is 0 Å². The highest BCUT2D eigenvalue weighted by Crippen LogP contribution is 2.37. The average molecular weight is 317 g/mol. The van der Waals surface area contributed by atoms with Gasteiger partial charge < -0.3 is 0 Å². The maximum atomic E-state index is 13.8. The van der Waals surface area contributed by atoms with Gasteiger partial charge in [-0.15, -0.1) is 11.3 Å². The highest BCUT2D eigenvalue weighted by atomic mass is 35.5. The van der Waals surface area contributed by atoms with Gasteiger partial charge in [0.05, 0.1) is 15.2 Å². The quantitative estimate of drug-likeness (QED) is 0.469. The minimum atomic E-state index is -0.673. The molecule has 0 saturated heterocycles. The Kier molecular flexibility index (Phi) is 3.12. The van der Waals surface area contributed by atoms with Crippen molar-refractivity contribution < 1.29 is 8.78 Å². The maximum Gasteiger partial charge on any atom is 0.150 e. The lowest BCUT2D eigenvalue weighted by Crippen LogP contribution is -1.85. The summed E-state index contributed by atoms with van der Waals surface area (Å²) in [4.78, 5) is 8.39. The van der Waals surface area contributed by atoms with E-state index in [1.54, 1.807) is 6.07 Å². The van der Waals surface area contributed by atoms with Crippen molar-refractivity contribution in [2.45, 2.75) is 0 Å². The monoisotopic (exact) mass is 316 g/mol. The molecule has 2 nitrogen and oxygen atoms in total. The molecule has 0 unspecified atom stereocenters. The summed E-state index contributed by atoms with van der Waals surface area (Å²) in [5.74, 6) is -1.27. The Morgan fingerprint density at radius 3 is 2.53 bits per heavy atom. The van der Waals surface area contributed by atoms with Gasteiger partial charge in [0, 0.05) is 10.4 Å². The second kappa shape index (κ2) is 4.67. The van der Waals surface area contributed by atoms with E-state index >= 15 is 0 Å². The summed E-state index contributed by atoms with van der Waals surface area (Å²) >= 11 is 12.6. The number of fused-ring (bicyclic) bond motifs is 1. The zero-order valence-electron chi connectivity index (χ0n) is 9.12. The number of benzene rings is 1. The molecule has 3 aromatic rings. The Morgan fingerprint density at radius 2 is 1.79 bits per heavy atom. The van der Waals surface area contributed by atoms with E-state index in [-0.39, 0.29) is 15.7 Å². The minimum absolute atomic E-state index is 0.126. The molecule has 0 amide bonds. The molecular weight excluding hydrogens is 313 g/mol. The third-order valence-electron chi connectivity index (χ3n) is 2.54. The van der Waals surface area contributed by atoms with Crippen LogP contribution in [0.3, 0.4) is 0 Å². The van der Waals surface area contributed by atoms with Gasteiger partial charge in [0.15, 0.2) is 0 Å². The molecule has 96 valence electrons. The first kappa shape index (κ1) is 12.7. The first-order valence-electron chi connectivity index (χ1n) is 5.11. The molecule has 0 aliphatic rings. The van der Waals surface area contributed by atoms with Crippen molar-refractivity contribution in [1.82, 2.24) is 9.97 Å². The highest BCUT2D eigenvalue weighted by molar-refractivity contribution is 7.22. The lowest BCUT2D eigenvalue weighted by atomic mass is 10.1. The third kappa shape index (κ3) is 2.18. The molecule has 0 spiro atoms. The summed E-state index contributed by atoms with van der Waals surface area (Å²) in [6.45, 7) is 0. The van der Waals surface area contributed by atoms with E-state index in [2.05, 4.69) is 9.97 Å². The molecule has 0 fully saturated rings. The molecule has 0 bridgehead atoms. The van der Waals surface area contributed by atoms with E-state index < -0.39 is 11.6 Å². The number of nitrogens with zero attached hydrogens (tertiary/aromatic N) is 2. The van der Waals surface area contributed by atoms with E-state index in [4.69, 9.17) is 23.2 Å². The number of hydrogen-bond acceptors (Lipinski definition) is 3. The summed E-state index contributed by atoms with van der Waals surface area (Å²) < 4.78 is 27.9. The van der Waals surface area contributed by atoms with Crippen molar-refractivity contribution in [2.75, 3.05) is 0 Å². The molecular formula is C12H4Cl2F2N2S. The molecule has 0 aliphatic carbocycles. The van der Waals surface area contributed by atoms with Crippen molar-refractivity contribution in [2.24, 2.45) is 0 Å². The van der Waals surface area contributed by atoms with Crippen LogP contribution in [0.25, 0.3) is 20.7 Å². The van der Waals surface area contributed by atoms with E-state index in [1.807, 2.05) is 0 Å². The van der Waals surface area contributed by atoms with E-state index in [0.717, 1.165) is 12.1 Å². The normalized spacial score (nSPS) is 11.2. The van der Waals surface area contributed by atoms with Gasteiger partial charge in [0.1, 0.15) is 23.1 Å². The zero-order chi connectivity index (χ0) is 13.6. The molecule has 1 aromatic carbocycles. The third-order valence-corrected chi connectivity index (χ3v) is 4.40. The van der Waals surface area contributed by atoms with Crippen LogP contribution in [0.15, 0.2) is 24.5 Å². The van der Waals surface area contributed by atoms with Crippen LogP contribution in [-0.4, -0.2) is 9.97 Å². The SMILES string of the molecule is Fc1cc(-c2cc3ncnc(Cl)c3s2)c(F)cc1Cl. The van der Waals surface area contributed by atoms with Crippen LogP contribution in [0.2, 0.25) is 10.2 Å². The van der Waals surface area contributed by atoms with Gasteiger partial charge in [-0.25, -0.2) is 18.7 Å². The number of aromatic nitrogens is 2. The predicted octanol–water partition coefficient (Wildman–Crippen LogP) is 4.94. The van der Waals surface area contributed by atoms with Gasteiger partial charge in [-0.2, -0.15) is 0 Å². The first-order chi connectivity index (χ1) is 9.06. The molecule has 3 rings (SSSR count). The van der Waals surface area contributed by atoms with Crippen molar-refractivity contribution in [1.29, 1.82) is 0 Å². The molecule has 2 aromatic heterocycles. The summed E-state index contributed by atoms with van der Waals surface area (Å²) in [5.41, 5.74) is 0.718. The summed E-state index contributed by atoms with van der Waals surface area (Å²) in [6.07, 6.45) is 1.32. The molecule has 7 heteroatoms. The molecule has 19 heavy (non-hydrogen) atoms. The van der Waals surface area contributed by atoms with E-state index in [1.165, 1.54) is 17.7 Å². The second-order valence-electron chi connectivity index (χ2n) is 3.74. The average Bonchev–Trinajstić information content (AvgIpc) is 2.79. The molecule has 0 saturated carbocycles. The van der Waals surface area contributed by atoms with Crippen LogP contribution in [-0.2, 0) is 0 Å². The second-order valence-corrected chi connectivity index (χ2v) is 5.55. The predicted molar refractivity (Wildman–Crippen MR) is 72.8 cm³/mol. The number of rotatable bonds is 1. The van der Waals surface area contributed by atoms with Crippen LogP contribution in [0, 0.1) is 11.6 Å².